The van der Waals surface area contributed by atoms with Crippen LogP contribution in [0.15, 0.2) is 48.5 Å². The molecule has 6 nitrogen and oxygen atoms in total. The molecule has 0 bridgehead atoms. The average molecular weight is 346 g/mol. The molecule has 0 saturated heterocycles. The molecule has 4 aromatic rings. The Hall–Kier alpha value is -2.99. The Labute approximate surface area is 152 Å². The zero-order valence-corrected chi connectivity index (χ0v) is 15.0. The first-order valence-electron chi connectivity index (χ1n) is 8.81. The zero-order chi connectivity index (χ0) is 17.9. The van der Waals surface area contributed by atoms with Gasteiger partial charge in [0.1, 0.15) is 5.69 Å². The highest BCUT2D eigenvalue weighted by molar-refractivity contribution is 5.85. The third-order valence-electron chi connectivity index (χ3n) is 4.26. The van der Waals surface area contributed by atoms with Crippen molar-refractivity contribution in [1.82, 2.24) is 24.8 Å². The third-order valence-corrected chi connectivity index (χ3v) is 4.26. The molecule has 0 fully saturated rings. The van der Waals surface area contributed by atoms with Crippen LogP contribution in [0, 0.1) is 0 Å². The van der Waals surface area contributed by atoms with E-state index in [-0.39, 0.29) is 0 Å². The van der Waals surface area contributed by atoms with Crippen LogP contribution in [-0.4, -0.2) is 52.0 Å². The van der Waals surface area contributed by atoms with E-state index in [9.17, 15) is 0 Å². The van der Waals surface area contributed by atoms with Crippen LogP contribution in [0.25, 0.3) is 33.6 Å². The summed E-state index contributed by atoms with van der Waals surface area (Å²) in [5.74, 6) is 1.50. The lowest BCUT2D eigenvalue weighted by Crippen LogP contribution is -2.17. The number of hydrogen-bond acceptors (Lipinski definition) is 5. The summed E-state index contributed by atoms with van der Waals surface area (Å²) in [6.45, 7) is 1.85. The Morgan fingerprint density at radius 3 is 2.31 bits per heavy atom. The van der Waals surface area contributed by atoms with Crippen molar-refractivity contribution in [3.8, 4) is 11.5 Å². The number of nitrogens with one attached hydrogen (secondary N) is 2. The predicted octanol–water partition coefficient (Wildman–Crippen LogP) is 3.54. The van der Waals surface area contributed by atoms with E-state index >= 15 is 0 Å². The topological polar surface area (TPSA) is 69.7 Å². The number of anilines is 1. The fourth-order valence-electron chi connectivity index (χ4n) is 2.96. The Morgan fingerprint density at radius 2 is 1.58 bits per heavy atom. The Bertz CT molecular complexity index is 1000. The van der Waals surface area contributed by atoms with Gasteiger partial charge in [-0.05, 0) is 51.3 Å². The molecule has 2 heterocycles. The molecule has 0 amide bonds. The van der Waals surface area contributed by atoms with Crippen LogP contribution in [-0.2, 0) is 0 Å². The molecule has 0 aliphatic rings. The van der Waals surface area contributed by atoms with Gasteiger partial charge in [0, 0.05) is 6.54 Å². The maximum Gasteiger partial charge on any atom is 0.161 e. The van der Waals surface area contributed by atoms with Crippen LogP contribution in [0.5, 0.6) is 0 Å². The molecule has 2 aromatic heterocycles. The van der Waals surface area contributed by atoms with Crippen molar-refractivity contribution < 1.29 is 0 Å². The Kier molecular flexibility index (Phi) is 4.50. The SMILES string of the molecule is CN(C)CCCNc1nc2ccccc2nc1-c1nc2ccccc2[nH]1. The van der Waals surface area contributed by atoms with Crippen LogP contribution in [0.4, 0.5) is 5.82 Å². The molecule has 0 aliphatic carbocycles. The molecule has 26 heavy (non-hydrogen) atoms. The highest BCUT2D eigenvalue weighted by Crippen LogP contribution is 2.26. The second kappa shape index (κ2) is 7.09. The number of hydrogen-bond donors (Lipinski definition) is 2. The van der Waals surface area contributed by atoms with E-state index < -0.39 is 0 Å². The summed E-state index contributed by atoms with van der Waals surface area (Å²) in [6.07, 6.45) is 1.03. The molecular formula is C20H22N6. The van der Waals surface area contributed by atoms with E-state index in [1.165, 1.54) is 0 Å². The van der Waals surface area contributed by atoms with Crippen molar-refractivity contribution in [2.45, 2.75) is 6.42 Å². The highest BCUT2D eigenvalue weighted by Gasteiger charge is 2.14. The Balaban J connectivity index is 1.74. The molecule has 0 aliphatic heterocycles. The van der Waals surface area contributed by atoms with Crippen molar-refractivity contribution in [2.75, 3.05) is 32.5 Å². The summed E-state index contributed by atoms with van der Waals surface area (Å²) in [5.41, 5.74) is 4.42. The maximum absolute atomic E-state index is 4.83. The molecule has 0 spiro atoms. The standard InChI is InChI=1S/C20H22N6/c1-26(2)13-7-12-21-19-18(22-14-8-3-4-9-15(14)23-19)20-24-16-10-5-6-11-17(16)25-20/h3-6,8-11H,7,12-13H2,1-2H3,(H,21,23)(H,24,25). The van der Waals surface area contributed by atoms with Gasteiger partial charge in [0.15, 0.2) is 11.6 Å². The fraction of sp³-hybridized carbons (Fsp3) is 0.250. The van der Waals surface area contributed by atoms with Crippen LogP contribution < -0.4 is 5.32 Å². The molecule has 4 rings (SSSR count). The summed E-state index contributed by atoms with van der Waals surface area (Å²) >= 11 is 0. The molecule has 2 aromatic carbocycles. The van der Waals surface area contributed by atoms with Crippen molar-refractivity contribution >= 4 is 27.9 Å². The summed E-state index contributed by atoms with van der Waals surface area (Å²) in [6, 6.07) is 15.9. The van der Waals surface area contributed by atoms with Gasteiger partial charge in [-0.3, -0.25) is 0 Å². The summed E-state index contributed by atoms with van der Waals surface area (Å²) < 4.78 is 0. The van der Waals surface area contributed by atoms with Gasteiger partial charge in [0.2, 0.25) is 0 Å². The van der Waals surface area contributed by atoms with Crippen LogP contribution in [0.2, 0.25) is 0 Å². The van der Waals surface area contributed by atoms with Gasteiger partial charge >= 0.3 is 0 Å². The number of imidazole rings is 1. The first-order valence-corrected chi connectivity index (χ1v) is 8.81. The predicted molar refractivity (Wildman–Crippen MR) is 106 cm³/mol. The normalized spacial score (nSPS) is 11.5. The second-order valence-electron chi connectivity index (χ2n) is 6.60. The van der Waals surface area contributed by atoms with E-state index in [2.05, 4.69) is 29.3 Å². The van der Waals surface area contributed by atoms with Gasteiger partial charge in [-0.2, -0.15) is 0 Å². The monoisotopic (exact) mass is 346 g/mol. The molecular weight excluding hydrogens is 324 g/mol. The summed E-state index contributed by atoms with van der Waals surface area (Å²) in [7, 11) is 4.16. The number of aromatic nitrogens is 4. The number of fused-ring (bicyclic) bond motifs is 2. The van der Waals surface area contributed by atoms with Crippen LogP contribution >= 0.6 is 0 Å². The largest absolute Gasteiger partial charge is 0.368 e. The van der Waals surface area contributed by atoms with E-state index in [0.29, 0.717) is 0 Å². The zero-order valence-electron chi connectivity index (χ0n) is 15.0. The first-order chi connectivity index (χ1) is 12.7. The molecule has 2 N–H and O–H groups in total. The quantitative estimate of drug-likeness (QED) is 0.523. The molecule has 0 unspecified atom stereocenters. The molecule has 132 valence electrons. The van der Waals surface area contributed by atoms with Gasteiger partial charge in [0.25, 0.3) is 0 Å². The lowest BCUT2D eigenvalue weighted by molar-refractivity contribution is 0.405. The molecule has 0 radical (unpaired) electrons. The minimum absolute atomic E-state index is 0.736. The summed E-state index contributed by atoms with van der Waals surface area (Å²) in [4.78, 5) is 19.9. The van der Waals surface area contributed by atoms with Crippen molar-refractivity contribution in [2.24, 2.45) is 0 Å². The van der Waals surface area contributed by atoms with E-state index in [4.69, 9.17) is 15.0 Å². The number of rotatable bonds is 6. The lowest BCUT2D eigenvalue weighted by atomic mass is 10.2. The lowest BCUT2D eigenvalue weighted by Gasteiger charge is -2.12. The minimum Gasteiger partial charge on any atom is -0.368 e. The second-order valence-corrected chi connectivity index (χ2v) is 6.60. The van der Waals surface area contributed by atoms with Gasteiger partial charge in [-0.15, -0.1) is 0 Å². The fourth-order valence-corrected chi connectivity index (χ4v) is 2.96. The number of nitrogens with zero attached hydrogens (tertiary/aromatic N) is 4. The molecule has 0 saturated carbocycles. The third kappa shape index (κ3) is 3.36. The first kappa shape index (κ1) is 16.5. The van der Waals surface area contributed by atoms with Gasteiger partial charge in [-0.1, -0.05) is 24.3 Å². The van der Waals surface area contributed by atoms with Crippen molar-refractivity contribution in [3.05, 3.63) is 48.5 Å². The van der Waals surface area contributed by atoms with Gasteiger partial charge in [0.05, 0.1) is 22.1 Å². The maximum atomic E-state index is 4.83. The van der Waals surface area contributed by atoms with E-state index in [1.54, 1.807) is 0 Å². The van der Waals surface area contributed by atoms with E-state index in [1.807, 2.05) is 48.5 Å². The number of para-hydroxylation sites is 4. The van der Waals surface area contributed by atoms with Gasteiger partial charge < -0.3 is 15.2 Å². The van der Waals surface area contributed by atoms with Gasteiger partial charge in [-0.25, -0.2) is 15.0 Å². The van der Waals surface area contributed by atoms with Crippen LogP contribution in [0.1, 0.15) is 6.42 Å². The van der Waals surface area contributed by atoms with Crippen molar-refractivity contribution in [3.63, 3.8) is 0 Å². The summed E-state index contributed by atoms with van der Waals surface area (Å²) in [5, 5.41) is 3.44. The van der Waals surface area contributed by atoms with Crippen LogP contribution in [0.3, 0.4) is 0 Å². The number of H-pyrrole nitrogens is 1. The minimum atomic E-state index is 0.736. The molecule has 0 atom stereocenters. The molecule has 6 heteroatoms. The number of benzene rings is 2. The highest BCUT2D eigenvalue weighted by atomic mass is 15.1. The Morgan fingerprint density at radius 1 is 0.885 bits per heavy atom. The number of aromatic amines is 1. The van der Waals surface area contributed by atoms with E-state index in [0.717, 1.165) is 58.9 Å². The average Bonchev–Trinajstić information content (AvgIpc) is 3.08. The van der Waals surface area contributed by atoms with Crippen molar-refractivity contribution in [1.29, 1.82) is 0 Å². The smallest absolute Gasteiger partial charge is 0.161 e.